The molecule has 0 unspecified atom stereocenters. The van der Waals surface area contributed by atoms with Crippen LogP contribution in [-0.2, 0) is 13.1 Å². The summed E-state index contributed by atoms with van der Waals surface area (Å²) in [6.07, 6.45) is 1.62. The highest BCUT2D eigenvalue weighted by molar-refractivity contribution is 6.30. The van der Waals surface area contributed by atoms with Crippen molar-refractivity contribution in [2.24, 2.45) is 0 Å². The van der Waals surface area contributed by atoms with Crippen LogP contribution in [0.2, 0.25) is 5.02 Å². The van der Waals surface area contributed by atoms with Gasteiger partial charge in [-0.25, -0.2) is 0 Å². The van der Waals surface area contributed by atoms with E-state index in [1.54, 1.807) is 19.4 Å². The average molecular weight is 382 g/mol. The molecule has 1 aromatic heterocycles. The summed E-state index contributed by atoms with van der Waals surface area (Å²) in [5.41, 5.74) is 3.28. The van der Waals surface area contributed by atoms with Crippen LogP contribution in [-0.4, -0.2) is 18.0 Å². The van der Waals surface area contributed by atoms with Crippen molar-refractivity contribution in [3.05, 3.63) is 88.7 Å². The largest absolute Gasteiger partial charge is 0.497 e. The first kappa shape index (κ1) is 18.7. The number of rotatable bonds is 7. The fourth-order valence-corrected chi connectivity index (χ4v) is 2.61. The zero-order chi connectivity index (χ0) is 19.1. The maximum atomic E-state index is 12.4. The van der Waals surface area contributed by atoms with Gasteiger partial charge in [-0.2, -0.15) is 0 Å². The lowest BCUT2D eigenvalue weighted by atomic mass is 10.2. The second-order valence-electron chi connectivity index (χ2n) is 5.94. The molecule has 1 heterocycles. The summed E-state index contributed by atoms with van der Waals surface area (Å²) < 4.78 is 5.13. The van der Waals surface area contributed by atoms with Crippen LogP contribution in [0.15, 0.2) is 66.9 Å². The number of nitrogens with one attached hydrogen (secondary N) is 2. The molecule has 3 rings (SSSR count). The molecule has 0 fully saturated rings. The summed E-state index contributed by atoms with van der Waals surface area (Å²) in [5.74, 6) is 0.562. The summed E-state index contributed by atoms with van der Waals surface area (Å²) in [5, 5.41) is 6.87. The van der Waals surface area contributed by atoms with E-state index in [-0.39, 0.29) is 5.91 Å². The molecule has 2 N–H and O–H groups in total. The lowest BCUT2D eigenvalue weighted by molar-refractivity contribution is 0.0946. The zero-order valence-corrected chi connectivity index (χ0v) is 15.7. The van der Waals surface area contributed by atoms with E-state index in [2.05, 4.69) is 15.6 Å². The van der Waals surface area contributed by atoms with E-state index < -0.39 is 0 Å². The summed E-state index contributed by atoms with van der Waals surface area (Å²) >= 11 is 5.89. The summed E-state index contributed by atoms with van der Waals surface area (Å²) in [6.45, 7) is 1.06. The Kier molecular flexibility index (Phi) is 6.28. The minimum Gasteiger partial charge on any atom is -0.497 e. The molecule has 138 valence electrons. The summed E-state index contributed by atoms with van der Waals surface area (Å²) in [4.78, 5) is 16.5. The van der Waals surface area contributed by atoms with Gasteiger partial charge < -0.3 is 15.4 Å². The quantitative estimate of drug-likeness (QED) is 0.641. The number of pyridine rings is 1. The molecule has 1 amide bonds. The number of ether oxygens (including phenoxy) is 1. The molecule has 0 atom stereocenters. The van der Waals surface area contributed by atoms with Gasteiger partial charge in [0, 0.05) is 30.0 Å². The molecule has 2 aromatic carbocycles. The summed E-state index contributed by atoms with van der Waals surface area (Å²) in [6, 6.07) is 18.7. The molecular formula is C21H20ClN3O2. The highest BCUT2D eigenvalue weighted by Crippen LogP contribution is 2.14. The fourth-order valence-electron chi connectivity index (χ4n) is 2.49. The van der Waals surface area contributed by atoms with Crippen molar-refractivity contribution in [1.82, 2.24) is 10.3 Å². The van der Waals surface area contributed by atoms with Crippen molar-refractivity contribution in [2.45, 2.75) is 13.1 Å². The standard InChI is InChI=1S/C21H20ClN3O2/c1-27-19-8-4-16(5-9-19)14-25-21(26)20-12-18(10-11-23-20)24-13-15-2-6-17(22)7-3-15/h2-12H,13-14H2,1H3,(H,23,24)(H,25,26). The van der Waals surface area contributed by atoms with Crippen LogP contribution in [0.1, 0.15) is 21.6 Å². The number of methoxy groups -OCH3 is 1. The molecule has 6 heteroatoms. The van der Waals surface area contributed by atoms with E-state index in [4.69, 9.17) is 16.3 Å². The van der Waals surface area contributed by atoms with Gasteiger partial charge in [0.1, 0.15) is 11.4 Å². The Morgan fingerprint density at radius 2 is 1.67 bits per heavy atom. The fraction of sp³-hybridized carbons (Fsp3) is 0.143. The molecule has 0 radical (unpaired) electrons. The lowest BCUT2D eigenvalue weighted by Crippen LogP contribution is -2.23. The Labute approximate surface area is 163 Å². The molecule has 0 aliphatic carbocycles. The molecule has 27 heavy (non-hydrogen) atoms. The van der Waals surface area contributed by atoms with Crippen LogP contribution in [0.5, 0.6) is 5.75 Å². The Balaban J connectivity index is 1.56. The molecule has 5 nitrogen and oxygen atoms in total. The van der Waals surface area contributed by atoms with Crippen LogP contribution in [0.3, 0.4) is 0 Å². The third-order valence-electron chi connectivity index (χ3n) is 4.01. The number of benzene rings is 2. The SMILES string of the molecule is COc1ccc(CNC(=O)c2cc(NCc3ccc(Cl)cc3)ccn2)cc1. The second-order valence-corrected chi connectivity index (χ2v) is 6.38. The number of hydrogen-bond acceptors (Lipinski definition) is 4. The summed E-state index contributed by atoms with van der Waals surface area (Å²) in [7, 11) is 1.62. The second kappa shape index (κ2) is 9.05. The van der Waals surface area contributed by atoms with E-state index in [1.165, 1.54) is 0 Å². The van der Waals surface area contributed by atoms with Crippen molar-refractivity contribution in [3.8, 4) is 5.75 Å². The Morgan fingerprint density at radius 1 is 1.00 bits per heavy atom. The number of aromatic nitrogens is 1. The van der Waals surface area contributed by atoms with E-state index in [0.29, 0.717) is 23.8 Å². The number of halogens is 1. The maximum absolute atomic E-state index is 12.4. The highest BCUT2D eigenvalue weighted by atomic mass is 35.5. The van der Waals surface area contributed by atoms with Gasteiger partial charge in [-0.3, -0.25) is 9.78 Å². The smallest absolute Gasteiger partial charge is 0.270 e. The number of anilines is 1. The first-order valence-corrected chi connectivity index (χ1v) is 8.87. The van der Waals surface area contributed by atoms with Gasteiger partial charge in [-0.15, -0.1) is 0 Å². The first-order valence-electron chi connectivity index (χ1n) is 8.49. The van der Waals surface area contributed by atoms with Crippen LogP contribution in [0.25, 0.3) is 0 Å². The Hall–Kier alpha value is -3.05. The van der Waals surface area contributed by atoms with Gasteiger partial charge >= 0.3 is 0 Å². The van der Waals surface area contributed by atoms with Crippen molar-refractivity contribution >= 4 is 23.2 Å². The van der Waals surface area contributed by atoms with E-state index in [9.17, 15) is 4.79 Å². The minimum atomic E-state index is -0.221. The topological polar surface area (TPSA) is 63.2 Å². The van der Waals surface area contributed by atoms with E-state index >= 15 is 0 Å². The predicted molar refractivity (Wildman–Crippen MR) is 107 cm³/mol. The van der Waals surface area contributed by atoms with E-state index in [1.807, 2.05) is 54.6 Å². The number of carbonyl (C=O) groups is 1. The van der Waals surface area contributed by atoms with E-state index in [0.717, 1.165) is 22.6 Å². The Morgan fingerprint density at radius 3 is 2.37 bits per heavy atom. The third kappa shape index (κ3) is 5.46. The Bertz CT molecular complexity index is 896. The monoisotopic (exact) mass is 381 g/mol. The molecule has 3 aromatic rings. The van der Waals surface area contributed by atoms with Crippen LogP contribution in [0.4, 0.5) is 5.69 Å². The number of amides is 1. The molecular weight excluding hydrogens is 362 g/mol. The molecule has 0 saturated heterocycles. The normalized spacial score (nSPS) is 10.3. The van der Waals surface area contributed by atoms with Gasteiger partial charge in [0.2, 0.25) is 0 Å². The lowest BCUT2D eigenvalue weighted by Gasteiger charge is -2.09. The predicted octanol–water partition coefficient (Wildman–Crippen LogP) is 4.29. The van der Waals surface area contributed by atoms with Gasteiger partial charge in [-0.1, -0.05) is 35.9 Å². The minimum absolute atomic E-state index is 0.221. The maximum Gasteiger partial charge on any atom is 0.270 e. The van der Waals surface area contributed by atoms with Gasteiger partial charge in [0.05, 0.1) is 7.11 Å². The highest BCUT2D eigenvalue weighted by Gasteiger charge is 2.08. The molecule has 0 saturated carbocycles. The van der Waals surface area contributed by atoms with Crippen molar-refractivity contribution < 1.29 is 9.53 Å². The van der Waals surface area contributed by atoms with Crippen molar-refractivity contribution in [1.29, 1.82) is 0 Å². The zero-order valence-electron chi connectivity index (χ0n) is 14.9. The van der Waals surface area contributed by atoms with Crippen molar-refractivity contribution in [2.75, 3.05) is 12.4 Å². The van der Waals surface area contributed by atoms with Crippen LogP contribution >= 0.6 is 11.6 Å². The first-order chi connectivity index (χ1) is 13.1. The third-order valence-corrected chi connectivity index (χ3v) is 4.27. The van der Waals surface area contributed by atoms with Crippen LogP contribution < -0.4 is 15.4 Å². The van der Waals surface area contributed by atoms with Crippen LogP contribution in [0, 0.1) is 0 Å². The van der Waals surface area contributed by atoms with Gasteiger partial charge in [0.25, 0.3) is 5.91 Å². The number of hydrogen-bond donors (Lipinski definition) is 2. The van der Waals surface area contributed by atoms with Gasteiger partial charge in [0.15, 0.2) is 0 Å². The average Bonchev–Trinajstić information content (AvgIpc) is 2.72. The molecule has 0 aliphatic heterocycles. The number of nitrogens with zero attached hydrogens (tertiary/aromatic N) is 1. The number of carbonyl (C=O) groups excluding carboxylic acids is 1. The molecule has 0 spiro atoms. The molecule has 0 aliphatic rings. The van der Waals surface area contributed by atoms with Gasteiger partial charge in [-0.05, 0) is 47.5 Å². The molecule has 0 bridgehead atoms. The van der Waals surface area contributed by atoms with Crippen molar-refractivity contribution in [3.63, 3.8) is 0 Å².